The van der Waals surface area contributed by atoms with Crippen molar-refractivity contribution in [3.05, 3.63) is 78.0 Å². The molecule has 0 aliphatic carbocycles. The van der Waals surface area contributed by atoms with Gasteiger partial charge in [0.1, 0.15) is 23.6 Å². The van der Waals surface area contributed by atoms with Crippen LogP contribution in [0.1, 0.15) is 36.5 Å². The van der Waals surface area contributed by atoms with Crippen LogP contribution < -0.4 is 20.5 Å². The van der Waals surface area contributed by atoms with Crippen molar-refractivity contribution >= 4 is 30.0 Å². The second-order valence-electron chi connectivity index (χ2n) is 7.84. The van der Waals surface area contributed by atoms with E-state index in [2.05, 4.69) is 22.4 Å². The molecule has 0 radical (unpaired) electrons. The van der Waals surface area contributed by atoms with Gasteiger partial charge in [0.2, 0.25) is 11.8 Å². The van der Waals surface area contributed by atoms with Gasteiger partial charge < -0.3 is 25.6 Å². The fourth-order valence-corrected chi connectivity index (χ4v) is 3.60. The summed E-state index contributed by atoms with van der Waals surface area (Å²) < 4.78 is 12.0. The quantitative estimate of drug-likeness (QED) is 0.431. The highest BCUT2D eigenvalue weighted by atomic mass is 35.5. The first-order valence-electron chi connectivity index (χ1n) is 10.7. The molecule has 4 N–H and O–H groups in total. The number of fused-ring (bicyclic) bond motifs is 1. The highest BCUT2D eigenvalue weighted by Crippen LogP contribution is 2.37. The molecule has 178 valence electrons. The molecule has 1 amide bonds. The van der Waals surface area contributed by atoms with Crippen LogP contribution in [0.4, 0.5) is 5.69 Å². The van der Waals surface area contributed by atoms with Crippen molar-refractivity contribution in [1.82, 2.24) is 4.98 Å². The minimum Gasteiger partial charge on any atom is -0.485 e. The zero-order chi connectivity index (χ0) is 23.2. The predicted octanol–water partition coefficient (Wildman–Crippen LogP) is 4.49. The lowest BCUT2D eigenvalue weighted by Crippen LogP contribution is -2.31. The van der Waals surface area contributed by atoms with Gasteiger partial charge in [-0.2, -0.15) is 0 Å². The first-order chi connectivity index (χ1) is 16.0. The molecular formula is C25H26ClN3O5. The second kappa shape index (κ2) is 11.5. The molecule has 2 heterocycles. The number of nitrogens with zero attached hydrogens (tertiary/aromatic N) is 1. The van der Waals surface area contributed by atoms with Crippen molar-refractivity contribution in [3.8, 4) is 17.4 Å². The lowest BCUT2D eigenvalue weighted by atomic mass is 9.97. The maximum absolute atomic E-state index is 11.9. The van der Waals surface area contributed by atoms with E-state index in [4.69, 9.17) is 20.3 Å². The zero-order valence-electron chi connectivity index (χ0n) is 18.3. The summed E-state index contributed by atoms with van der Waals surface area (Å²) in [5.41, 5.74) is 8.16. The fourth-order valence-electron chi connectivity index (χ4n) is 3.60. The molecule has 1 aliphatic heterocycles. The van der Waals surface area contributed by atoms with Crippen molar-refractivity contribution in [3.63, 3.8) is 0 Å². The van der Waals surface area contributed by atoms with Crippen LogP contribution >= 0.6 is 12.4 Å². The molecule has 2 atom stereocenters. The average Bonchev–Trinajstić information content (AvgIpc) is 2.84. The van der Waals surface area contributed by atoms with Crippen molar-refractivity contribution in [2.45, 2.75) is 37.8 Å². The molecule has 0 saturated heterocycles. The van der Waals surface area contributed by atoms with Gasteiger partial charge in [0.05, 0.1) is 11.9 Å². The second-order valence-corrected chi connectivity index (χ2v) is 7.84. The third kappa shape index (κ3) is 6.46. The number of benzene rings is 2. The summed E-state index contributed by atoms with van der Waals surface area (Å²) in [6.07, 6.45) is 3.38. The van der Waals surface area contributed by atoms with Crippen molar-refractivity contribution in [1.29, 1.82) is 0 Å². The summed E-state index contributed by atoms with van der Waals surface area (Å²) >= 11 is 0. The van der Waals surface area contributed by atoms with Crippen molar-refractivity contribution < 1.29 is 24.2 Å². The number of hydrogen-bond donors (Lipinski definition) is 3. The van der Waals surface area contributed by atoms with Gasteiger partial charge in [0, 0.05) is 12.5 Å². The van der Waals surface area contributed by atoms with E-state index in [-0.39, 0.29) is 37.3 Å². The number of ether oxygens (including phenoxy) is 2. The Bertz CT molecular complexity index is 1130. The maximum atomic E-state index is 11.9. The molecule has 34 heavy (non-hydrogen) atoms. The summed E-state index contributed by atoms with van der Waals surface area (Å²) in [6, 6.07) is 18.2. The van der Waals surface area contributed by atoms with Crippen LogP contribution in [0.25, 0.3) is 0 Å². The Morgan fingerprint density at radius 3 is 2.68 bits per heavy atom. The van der Waals surface area contributed by atoms with Crippen LogP contribution in [0.5, 0.6) is 17.4 Å². The van der Waals surface area contributed by atoms with Gasteiger partial charge in [0.25, 0.3) is 0 Å². The molecule has 0 saturated carbocycles. The molecule has 8 nitrogen and oxygen atoms in total. The predicted molar refractivity (Wildman–Crippen MR) is 130 cm³/mol. The maximum Gasteiger partial charge on any atom is 0.320 e. The Hall–Kier alpha value is -3.62. The molecule has 0 spiro atoms. The van der Waals surface area contributed by atoms with E-state index in [1.807, 2.05) is 36.4 Å². The summed E-state index contributed by atoms with van der Waals surface area (Å²) in [6.45, 7) is 0. The van der Waals surface area contributed by atoms with Crippen molar-refractivity contribution in [2.75, 3.05) is 5.32 Å². The fraction of sp³-hybridized carbons (Fsp3) is 0.240. The Labute approximate surface area is 203 Å². The minimum atomic E-state index is -1.13. The van der Waals surface area contributed by atoms with E-state index >= 15 is 0 Å². The highest BCUT2D eigenvalue weighted by molar-refractivity contribution is 5.91. The number of aliphatic carboxylic acids is 1. The molecule has 0 fully saturated rings. The molecule has 4 rings (SSSR count). The Balaban J connectivity index is 0.00000324. The molecule has 0 bridgehead atoms. The number of carboxylic acid groups (broad SMARTS) is 1. The first kappa shape index (κ1) is 25.0. The number of nitrogens with one attached hydrogen (secondary N) is 1. The highest BCUT2D eigenvalue weighted by Gasteiger charge is 2.21. The summed E-state index contributed by atoms with van der Waals surface area (Å²) in [4.78, 5) is 26.9. The molecule has 1 aliphatic rings. The Morgan fingerprint density at radius 1 is 1.18 bits per heavy atom. The molecule has 2 aromatic carbocycles. The van der Waals surface area contributed by atoms with Crippen LogP contribution in [-0.4, -0.2) is 28.0 Å². The average molecular weight is 484 g/mol. The van der Waals surface area contributed by atoms with Crippen LogP contribution in [0.3, 0.4) is 0 Å². The van der Waals surface area contributed by atoms with Crippen LogP contribution in [0.15, 0.2) is 66.9 Å². The standard InChI is InChI=1S/C25H25N3O5.ClH/c26-20(25(30)31)9-12-23(29)28-18-7-13-24(27-15-18)32-19-8-11-22-17(14-19)6-10-21(33-22)16-4-2-1-3-5-16;/h1-5,7-8,11,13-15,20-21H,6,9-10,12,26H2,(H,28,29)(H,30,31);1H. The van der Waals surface area contributed by atoms with E-state index < -0.39 is 12.0 Å². The number of aryl methyl sites for hydroxylation is 1. The van der Waals surface area contributed by atoms with E-state index in [0.717, 1.165) is 24.2 Å². The number of hydrogen-bond acceptors (Lipinski definition) is 6. The molecule has 9 heteroatoms. The van der Waals surface area contributed by atoms with Crippen LogP contribution in [-0.2, 0) is 16.0 Å². The van der Waals surface area contributed by atoms with Gasteiger partial charge in [-0.3, -0.25) is 9.59 Å². The van der Waals surface area contributed by atoms with Crippen LogP contribution in [0.2, 0.25) is 0 Å². The first-order valence-corrected chi connectivity index (χ1v) is 10.7. The number of pyridine rings is 1. The number of carboxylic acids is 1. The summed E-state index contributed by atoms with van der Waals surface area (Å²) in [7, 11) is 0. The van der Waals surface area contributed by atoms with Crippen LogP contribution in [0, 0.1) is 0 Å². The van der Waals surface area contributed by atoms with Gasteiger partial charge in [-0.05, 0) is 54.7 Å². The van der Waals surface area contributed by atoms with Crippen molar-refractivity contribution in [2.24, 2.45) is 5.73 Å². The number of carbonyl (C=O) groups is 2. The normalized spacial score (nSPS) is 15.1. The van der Waals surface area contributed by atoms with Gasteiger partial charge in [0.15, 0.2) is 0 Å². The minimum absolute atomic E-state index is 0. The molecule has 3 aromatic rings. The molecular weight excluding hydrogens is 458 g/mol. The van der Waals surface area contributed by atoms with E-state index in [0.29, 0.717) is 17.3 Å². The topological polar surface area (TPSA) is 124 Å². The van der Waals surface area contributed by atoms with Gasteiger partial charge >= 0.3 is 5.97 Å². The number of amides is 1. The smallest absolute Gasteiger partial charge is 0.320 e. The SMILES string of the molecule is Cl.NC(CCC(=O)Nc1ccc(Oc2ccc3c(c2)CCC(c2ccccc2)O3)nc1)C(=O)O. The number of carbonyl (C=O) groups excluding carboxylic acids is 1. The third-order valence-electron chi connectivity index (χ3n) is 5.39. The number of anilines is 1. The number of halogens is 1. The lowest BCUT2D eigenvalue weighted by molar-refractivity contribution is -0.138. The molecule has 1 aromatic heterocycles. The monoisotopic (exact) mass is 483 g/mol. The van der Waals surface area contributed by atoms with E-state index in [1.54, 1.807) is 12.1 Å². The van der Waals surface area contributed by atoms with Gasteiger partial charge in [-0.1, -0.05) is 30.3 Å². The number of aromatic nitrogens is 1. The molecule has 2 unspecified atom stereocenters. The number of nitrogens with two attached hydrogens (primary N) is 1. The lowest BCUT2D eigenvalue weighted by Gasteiger charge is -2.26. The van der Waals surface area contributed by atoms with E-state index in [9.17, 15) is 9.59 Å². The summed E-state index contributed by atoms with van der Waals surface area (Å²) in [5, 5.41) is 11.4. The van der Waals surface area contributed by atoms with Gasteiger partial charge in [-0.15, -0.1) is 12.4 Å². The summed E-state index contributed by atoms with van der Waals surface area (Å²) in [5.74, 6) is 0.444. The largest absolute Gasteiger partial charge is 0.485 e. The van der Waals surface area contributed by atoms with Gasteiger partial charge in [-0.25, -0.2) is 4.98 Å². The number of rotatable bonds is 8. The van der Waals surface area contributed by atoms with E-state index in [1.165, 1.54) is 11.8 Å². The third-order valence-corrected chi connectivity index (χ3v) is 5.39. The Kier molecular flexibility index (Phi) is 8.45. The zero-order valence-corrected chi connectivity index (χ0v) is 19.2. The Morgan fingerprint density at radius 2 is 1.97 bits per heavy atom.